The number of rotatable bonds is 5. The molecular formula is C22H22N4O4. The van der Waals surface area contributed by atoms with Crippen molar-refractivity contribution in [3.63, 3.8) is 0 Å². The van der Waals surface area contributed by atoms with E-state index in [1.165, 1.54) is 0 Å². The fourth-order valence-electron chi connectivity index (χ4n) is 3.35. The van der Waals surface area contributed by atoms with Crippen molar-refractivity contribution in [2.24, 2.45) is 0 Å². The summed E-state index contributed by atoms with van der Waals surface area (Å²) in [4.78, 5) is 40.1. The van der Waals surface area contributed by atoms with Crippen LogP contribution in [0.1, 0.15) is 5.56 Å². The third-order valence-corrected chi connectivity index (χ3v) is 4.90. The van der Waals surface area contributed by atoms with Crippen LogP contribution in [0, 0.1) is 0 Å². The Balaban J connectivity index is 1.40. The summed E-state index contributed by atoms with van der Waals surface area (Å²) in [6.45, 7) is 2.75. The standard InChI is InChI=1S/C22H22N4O4/c27-20(23-17-4-2-1-3-5-17)15-26-21(28)19(24-22(26)29)14-16-6-8-18(9-7-16)25-10-12-30-13-11-25/h1-9,14H,10-13,15H2,(H,23,27)(H,24,29)/b19-14+. The Labute approximate surface area is 174 Å². The Morgan fingerprint density at radius 3 is 2.43 bits per heavy atom. The van der Waals surface area contributed by atoms with Crippen LogP contribution in [0.15, 0.2) is 60.3 Å². The second-order valence-electron chi connectivity index (χ2n) is 6.98. The molecule has 2 saturated heterocycles. The number of anilines is 2. The second-order valence-corrected chi connectivity index (χ2v) is 6.98. The first kappa shape index (κ1) is 19.7. The smallest absolute Gasteiger partial charge is 0.329 e. The first-order valence-electron chi connectivity index (χ1n) is 9.72. The topological polar surface area (TPSA) is 91.0 Å². The van der Waals surface area contributed by atoms with E-state index in [0.29, 0.717) is 18.9 Å². The summed E-state index contributed by atoms with van der Waals surface area (Å²) in [7, 11) is 0. The maximum atomic E-state index is 12.6. The van der Waals surface area contributed by atoms with Gasteiger partial charge in [-0.3, -0.25) is 9.59 Å². The number of imide groups is 1. The van der Waals surface area contributed by atoms with Crippen molar-refractivity contribution >= 4 is 35.3 Å². The summed E-state index contributed by atoms with van der Waals surface area (Å²) in [6, 6.07) is 16.0. The summed E-state index contributed by atoms with van der Waals surface area (Å²) in [5.41, 5.74) is 2.62. The largest absolute Gasteiger partial charge is 0.378 e. The van der Waals surface area contributed by atoms with Crippen LogP contribution in [0.2, 0.25) is 0 Å². The molecule has 2 fully saturated rings. The molecule has 8 nitrogen and oxygen atoms in total. The molecule has 0 aliphatic carbocycles. The van der Waals surface area contributed by atoms with Crippen molar-refractivity contribution in [1.82, 2.24) is 10.2 Å². The highest BCUT2D eigenvalue weighted by atomic mass is 16.5. The number of hydrogen-bond acceptors (Lipinski definition) is 5. The van der Waals surface area contributed by atoms with Crippen molar-refractivity contribution in [1.29, 1.82) is 0 Å². The maximum absolute atomic E-state index is 12.6. The van der Waals surface area contributed by atoms with Crippen LogP contribution in [0.5, 0.6) is 0 Å². The summed E-state index contributed by atoms with van der Waals surface area (Å²) in [6.07, 6.45) is 1.61. The predicted molar refractivity (Wildman–Crippen MR) is 113 cm³/mol. The molecule has 154 valence electrons. The molecule has 0 unspecified atom stereocenters. The van der Waals surface area contributed by atoms with Crippen molar-refractivity contribution < 1.29 is 19.1 Å². The van der Waals surface area contributed by atoms with Gasteiger partial charge in [0.25, 0.3) is 5.91 Å². The molecule has 0 saturated carbocycles. The lowest BCUT2D eigenvalue weighted by molar-refractivity contribution is -0.127. The van der Waals surface area contributed by atoms with E-state index in [2.05, 4.69) is 15.5 Å². The molecule has 8 heteroatoms. The summed E-state index contributed by atoms with van der Waals surface area (Å²) >= 11 is 0. The molecule has 2 N–H and O–H groups in total. The fraction of sp³-hybridized carbons (Fsp3) is 0.227. The molecule has 2 heterocycles. The first-order valence-corrected chi connectivity index (χ1v) is 9.72. The molecule has 0 aromatic heterocycles. The molecule has 0 radical (unpaired) electrons. The van der Waals surface area contributed by atoms with Gasteiger partial charge in [0.1, 0.15) is 12.2 Å². The molecule has 2 aliphatic rings. The zero-order valence-corrected chi connectivity index (χ0v) is 16.3. The van der Waals surface area contributed by atoms with Crippen LogP contribution in [0.3, 0.4) is 0 Å². The minimum absolute atomic E-state index is 0.145. The van der Waals surface area contributed by atoms with Gasteiger partial charge >= 0.3 is 6.03 Å². The third-order valence-electron chi connectivity index (χ3n) is 4.90. The van der Waals surface area contributed by atoms with Gasteiger partial charge < -0.3 is 20.3 Å². The van der Waals surface area contributed by atoms with E-state index >= 15 is 0 Å². The number of nitrogens with one attached hydrogen (secondary N) is 2. The predicted octanol–water partition coefficient (Wildman–Crippen LogP) is 2.05. The zero-order valence-electron chi connectivity index (χ0n) is 16.3. The van der Waals surface area contributed by atoms with Gasteiger partial charge in [-0.2, -0.15) is 0 Å². The first-order chi connectivity index (χ1) is 14.6. The van der Waals surface area contributed by atoms with E-state index < -0.39 is 17.8 Å². The number of nitrogens with zero attached hydrogens (tertiary/aromatic N) is 2. The molecule has 2 aromatic carbocycles. The molecule has 4 rings (SSSR count). The Hall–Kier alpha value is -3.65. The SMILES string of the molecule is O=C(CN1C(=O)N/C(=C/c2ccc(N3CCOCC3)cc2)C1=O)Nc1ccccc1. The van der Waals surface area contributed by atoms with E-state index in [9.17, 15) is 14.4 Å². The second kappa shape index (κ2) is 8.79. The van der Waals surface area contributed by atoms with Gasteiger partial charge in [-0.25, -0.2) is 9.69 Å². The van der Waals surface area contributed by atoms with Gasteiger partial charge in [0.05, 0.1) is 13.2 Å². The number of urea groups is 1. The lowest BCUT2D eigenvalue weighted by atomic mass is 10.1. The summed E-state index contributed by atoms with van der Waals surface area (Å²) in [5.74, 6) is -0.971. The normalized spacial score (nSPS) is 17.9. The molecule has 0 atom stereocenters. The van der Waals surface area contributed by atoms with Crippen molar-refractivity contribution in [3.05, 3.63) is 65.9 Å². The van der Waals surface area contributed by atoms with Crippen LogP contribution in [0.25, 0.3) is 6.08 Å². The molecule has 0 spiro atoms. The quantitative estimate of drug-likeness (QED) is 0.586. The number of carbonyl (C=O) groups is 3. The fourth-order valence-corrected chi connectivity index (χ4v) is 3.35. The van der Waals surface area contributed by atoms with E-state index in [1.54, 1.807) is 30.3 Å². The van der Waals surface area contributed by atoms with Gasteiger partial charge in [0.2, 0.25) is 5.91 Å². The molecule has 4 amide bonds. The van der Waals surface area contributed by atoms with Crippen LogP contribution in [0.4, 0.5) is 16.2 Å². The van der Waals surface area contributed by atoms with E-state index in [0.717, 1.165) is 29.2 Å². The minimum atomic E-state index is -0.612. The minimum Gasteiger partial charge on any atom is -0.378 e. The molecular weight excluding hydrogens is 384 g/mol. The summed E-state index contributed by atoms with van der Waals surface area (Å²) in [5, 5.41) is 5.21. The van der Waals surface area contributed by atoms with Gasteiger partial charge in [0.15, 0.2) is 0 Å². The molecule has 0 bridgehead atoms. The van der Waals surface area contributed by atoms with Crippen molar-refractivity contribution in [2.45, 2.75) is 0 Å². The van der Waals surface area contributed by atoms with E-state index in [-0.39, 0.29) is 12.2 Å². The molecule has 30 heavy (non-hydrogen) atoms. The lowest BCUT2D eigenvalue weighted by Crippen LogP contribution is -2.38. The van der Waals surface area contributed by atoms with Crippen molar-refractivity contribution in [3.8, 4) is 0 Å². The number of amides is 4. The lowest BCUT2D eigenvalue weighted by Gasteiger charge is -2.28. The van der Waals surface area contributed by atoms with Crippen molar-refractivity contribution in [2.75, 3.05) is 43.1 Å². The third kappa shape index (κ3) is 4.49. The van der Waals surface area contributed by atoms with Crippen LogP contribution >= 0.6 is 0 Å². The van der Waals surface area contributed by atoms with Crippen LogP contribution in [-0.4, -0.2) is 55.6 Å². The Morgan fingerprint density at radius 2 is 1.73 bits per heavy atom. The Kier molecular flexibility index (Phi) is 5.76. The Bertz CT molecular complexity index is 966. The molecule has 2 aromatic rings. The number of ether oxygens (including phenoxy) is 1. The number of hydrogen-bond donors (Lipinski definition) is 2. The van der Waals surface area contributed by atoms with Gasteiger partial charge in [-0.15, -0.1) is 0 Å². The monoisotopic (exact) mass is 406 g/mol. The highest BCUT2D eigenvalue weighted by molar-refractivity contribution is 6.15. The number of para-hydroxylation sites is 1. The Morgan fingerprint density at radius 1 is 1.03 bits per heavy atom. The number of morpholine rings is 1. The van der Waals surface area contributed by atoms with Gasteiger partial charge in [-0.1, -0.05) is 30.3 Å². The van der Waals surface area contributed by atoms with Gasteiger partial charge in [-0.05, 0) is 35.9 Å². The number of benzene rings is 2. The van der Waals surface area contributed by atoms with E-state index in [4.69, 9.17) is 4.74 Å². The average molecular weight is 406 g/mol. The maximum Gasteiger partial charge on any atom is 0.329 e. The zero-order chi connectivity index (χ0) is 20.9. The highest BCUT2D eigenvalue weighted by Gasteiger charge is 2.34. The summed E-state index contributed by atoms with van der Waals surface area (Å²) < 4.78 is 5.36. The van der Waals surface area contributed by atoms with Crippen LogP contribution < -0.4 is 15.5 Å². The van der Waals surface area contributed by atoms with Crippen LogP contribution in [-0.2, 0) is 14.3 Å². The van der Waals surface area contributed by atoms with Gasteiger partial charge in [0, 0.05) is 24.5 Å². The number of carbonyl (C=O) groups excluding carboxylic acids is 3. The van der Waals surface area contributed by atoms with E-state index in [1.807, 2.05) is 30.3 Å². The molecule has 2 aliphatic heterocycles. The average Bonchev–Trinajstić information content (AvgIpc) is 3.03. The highest BCUT2D eigenvalue weighted by Crippen LogP contribution is 2.19.